The third-order valence-electron chi connectivity index (χ3n) is 3.58. The fourth-order valence-electron chi connectivity index (χ4n) is 2.21. The quantitative estimate of drug-likeness (QED) is 0.315. The predicted molar refractivity (Wildman–Crippen MR) is 133 cm³/mol. The maximum atomic E-state index is 2.35. The highest BCUT2D eigenvalue weighted by Gasteiger charge is 2.38. The van der Waals surface area contributed by atoms with Crippen LogP contribution < -0.4 is 0 Å². The molecule has 5 rings (SSSR count). The fraction of sp³-hybridized carbons (Fsp3) is 0.429. The number of hydrogen-bond acceptors (Lipinski definition) is 10. The number of hydrogen-bond donors (Lipinski definition) is 0. The first-order valence-corrected chi connectivity index (χ1v) is 15.9. The molecule has 0 N–H and O–H groups in total. The van der Waals surface area contributed by atoms with Crippen molar-refractivity contribution >= 4 is 118 Å². The molecule has 0 aliphatic carbocycles. The van der Waals surface area contributed by atoms with Crippen molar-refractivity contribution in [1.82, 2.24) is 0 Å². The summed E-state index contributed by atoms with van der Waals surface area (Å²) >= 11 is 20.3. The first kappa shape index (κ1) is 18.5. The van der Waals surface area contributed by atoms with Crippen LogP contribution in [0.3, 0.4) is 0 Å². The molecule has 5 aliphatic rings. The van der Waals surface area contributed by atoms with E-state index < -0.39 is 0 Å². The molecule has 2 unspecified atom stereocenters. The average molecular weight is 501 g/mol. The molecule has 0 radical (unpaired) electrons. The van der Waals surface area contributed by atoms with Crippen molar-refractivity contribution < 1.29 is 0 Å². The molecule has 0 aromatic carbocycles. The lowest BCUT2D eigenvalue weighted by Gasteiger charge is -2.08. The van der Waals surface area contributed by atoms with E-state index in [1.54, 1.807) is 12.7 Å². The fourth-order valence-corrected chi connectivity index (χ4v) is 18.2. The Hall–Kier alpha value is 2.46. The summed E-state index contributed by atoms with van der Waals surface area (Å²) in [5, 5.41) is 1.48. The lowest BCUT2D eigenvalue weighted by atomic mass is 10.4. The van der Waals surface area contributed by atoms with Gasteiger partial charge < -0.3 is 0 Å². The number of rotatable bonds is 0. The molecule has 24 heavy (non-hydrogen) atoms. The summed E-state index contributed by atoms with van der Waals surface area (Å²) in [4.78, 5) is 0. The van der Waals surface area contributed by atoms with Gasteiger partial charge in [-0.25, -0.2) is 0 Å². The minimum absolute atomic E-state index is 0.741. The Morgan fingerprint density at radius 2 is 0.833 bits per heavy atom. The second-order valence-corrected chi connectivity index (χ2v) is 18.4. The van der Waals surface area contributed by atoms with Crippen LogP contribution >= 0.6 is 118 Å². The average Bonchev–Trinajstić information content (AvgIpc) is 3.29. The van der Waals surface area contributed by atoms with Gasteiger partial charge in [-0.05, 0) is 0 Å². The normalized spacial score (nSPS) is 33.2. The van der Waals surface area contributed by atoms with Gasteiger partial charge in [0.2, 0.25) is 0 Å². The molecule has 128 valence electrons. The summed E-state index contributed by atoms with van der Waals surface area (Å²) in [6.45, 7) is 4.71. The van der Waals surface area contributed by atoms with Gasteiger partial charge in [0.05, 0.1) is 33.9 Å². The molecule has 0 nitrogen and oxygen atoms in total. The van der Waals surface area contributed by atoms with E-state index in [1.165, 1.54) is 32.7 Å². The smallest absolute Gasteiger partial charge is 0.0718 e. The van der Waals surface area contributed by atoms with Crippen molar-refractivity contribution in [2.45, 2.75) is 24.3 Å². The first-order valence-electron chi connectivity index (χ1n) is 7.30. The predicted octanol–water partition coefficient (Wildman–Crippen LogP) is 8.67. The Balaban J connectivity index is 1.29. The van der Waals surface area contributed by atoms with E-state index in [0.29, 0.717) is 0 Å². The van der Waals surface area contributed by atoms with E-state index in [-0.39, 0.29) is 0 Å². The van der Waals surface area contributed by atoms with Gasteiger partial charge in [-0.1, -0.05) is 84.4 Å². The maximum Gasteiger partial charge on any atom is 0.0718 e. The van der Waals surface area contributed by atoms with Crippen molar-refractivity contribution in [2.24, 2.45) is 0 Å². The molecule has 5 aliphatic heterocycles. The molecule has 0 saturated carbocycles. The Morgan fingerprint density at radius 3 is 1.25 bits per heavy atom. The van der Waals surface area contributed by atoms with Crippen LogP contribution in [0.1, 0.15) is 13.8 Å². The van der Waals surface area contributed by atoms with Gasteiger partial charge in [-0.3, -0.25) is 0 Å². The molecule has 1 saturated heterocycles. The third-order valence-corrected chi connectivity index (χ3v) is 19.2. The zero-order valence-corrected chi connectivity index (χ0v) is 20.8. The Bertz CT molecular complexity index is 676. The van der Waals surface area contributed by atoms with Crippen molar-refractivity contribution in [3.8, 4) is 0 Å². The lowest BCUT2D eigenvalue weighted by Crippen LogP contribution is -2.04. The van der Waals surface area contributed by atoms with Crippen LogP contribution in [0.2, 0.25) is 0 Å². The minimum Gasteiger partial charge on any atom is -0.116 e. The lowest BCUT2D eigenvalue weighted by molar-refractivity contribution is 0.941. The van der Waals surface area contributed by atoms with Crippen molar-refractivity contribution in [2.75, 3.05) is 11.5 Å². The second-order valence-electron chi connectivity index (χ2n) is 5.25. The molecular weight excluding hydrogens is 489 g/mol. The molecule has 10 heteroatoms. The van der Waals surface area contributed by atoms with Gasteiger partial charge in [0.15, 0.2) is 0 Å². The molecule has 5 heterocycles. The summed E-state index contributed by atoms with van der Waals surface area (Å²) in [5.41, 5.74) is 0. The monoisotopic (exact) mass is 500 g/mol. The van der Waals surface area contributed by atoms with E-state index >= 15 is 0 Å². The highest BCUT2D eigenvalue weighted by molar-refractivity contribution is 8.50. The summed E-state index contributed by atoms with van der Waals surface area (Å²) in [6, 6.07) is 0. The van der Waals surface area contributed by atoms with Crippen LogP contribution in [0, 0.1) is 0 Å². The molecule has 2 atom stereocenters. The van der Waals surface area contributed by atoms with Gasteiger partial charge in [0, 0.05) is 22.0 Å². The molecule has 1 fully saturated rings. The van der Waals surface area contributed by atoms with E-state index in [4.69, 9.17) is 0 Å². The molecule has 0 amide bonds. The van der Waals surface area contributed by atoms with E-state index in [1.807, 2.05) is 94.1 Å². The summed E-state index contributed by atoms with van der Waals surface area (Å²) < 4.78 is 12.3. The van der Waals surface area contributed by atoms with Gasteiger partial charge in [0.1, 0.15) is 0 Å². The van der Waals surface area contributed by atoms with E-state index in [9.17, 15) is 0 Å². The van der Waals surface area contributed by atoms with Gasteiger partial charge in [0.25, 0.3) is 0 Å². The summed E-state index contributed by atoms with van der Waals surface area (Å²) in [7, 11) is 0. The van der Waals surface area contributed by atoms with E-state index in [0.717, 1.165) is 10.5 Å². The number of thioether (sulfide) groups is 10. The second kappa shape index (κ2) is 7.71. The Labute approximate surface area is 185 Å². The zero-order valence-electron chi connectivity index (χ0n) is 12.7. The largest absolute Gasteiger partial charge is 0.116 e. The minimum atomic E-state index is 0.741. The third kappa shape index (κ3) is 3.56. The maximum absolute atomic E-state index is 2.35. The molecule has 0 bridgehead atoms. The highest BCUT2D eigenvalue weighted by Crippen LogP contribution is 2.72. The first-order chi connectivity index (χ1) is 11.7. The van der Waals surface area contributed by atoms with Gasteiger partial charge in [-0.2, -0.15) is 0 Å². The van der Waals surface area contributed by atoms with Crippen molar-refractivity contribution in [1.29, 1.82) is 0 Å². The van der Waals surface area contributed by atoms with Crippen molar-refractivity contribution in [3.63, 3.8) is 0 Å². The molecule has 0 aromatic heterocycles. The summed E-state index contributed by atoms with van der Waals surface area (Å²) in [5.74, 6) is 2.53. The molecule has 0 spiro atoms. The van der Waals surface area contributed by atoms with Crippen molar-refractivity contribution in [3.05, 3.63) is 33.9 Å². The topological polar surface area (TPSA) is 0 Å². The Kier molecular flexibility index (Phi) is 5.94. The van der Waals surface area contributed by atoms with Gasteiger partial charge >= 0.3 is 0 Å². The van der Waals surface area contributed by atoms with Crippen LogP contribution in [0.4, 0.5) is 0 Å². The molecule has 0 aromatic rings. The SMILES string of the molecule is CC1SC(=C2SC3=C(SC(=C4SC5=C(SCCS5)S4)S3)S2)SC1C. The van der Waals surface area contributed by atoms with Crippen LogP contribution in [0.25, 0.3) is 0 Å². The Morgan fingerprint density at radius 1 is 0.500 bits per heavy atom. The summed E-state index contributed by atoms with van der Waals surface area (Å²) in [6.07, 6.45) is 0. The highest BCUT2D eigenvalue weighted by atomic mass is 32.3. The van der Waals surface area contributed by atoms with Crippen LogP contribution in [-0.2, 0) is 0 Å². The van der Waals surface area contributed by atoms with Crippen LogP contribution in [-0.4, -0.2) is 22.0 Å². The van der Waals surface area contributed by atoms with Gasteiger partial charge in [-0.15, -0.1) is 47.0 Å². The molecular formula is C14H12S10. The van der Waals surface area contributed by atoms with E-state index in [2.05, 4.69) is 37.4 Å². The van der Waals surface area contributed by atoms with Crippen LogP contribution in [0.5, 0.6) is 0 Å². The zero-order chi connectivity index (χ0) is 16.3. The van der Waals surface area contributed by atoms with Crippen LogP contribution in [0.15, 0.2) is 33.9 Å². The standard InChI is InChI=1S/C14H12S10/c1-5-6(2)18-9(17-5)10-21-13-14(22-10)24-12(23-13)11-19-7-8(20-11)16-4-3-15-7/h5-6H,3-4H2,1-2H3.